The number of anilines is 1. The van der Waals surface area contributed by atoms with Gasteiger partial charge in [0.15, 0.2) is 5.13 Å². The average molecular weight is 369 g/mol. The van der Waals surface area contributed by atoms with Crippen molar-refractivity contribution in [3.63, 3.8) is 0 Å². The van der Waals surface area contributed by atoms with Crippen LogP contribution in [-0.2, 0) is 6.54 Å². The van der Waals surface area contributed by atoms with Crippen LogP contribution in [0.3, 0.4) is 0 Å². The van der Waals surface area contributed by atoms with Crippen LogP contribution in [-0.4, -0.2) is 16.8 Å². The summed E-state index contributed by atoms with van der Waals surface area (Å²) in [5.74, 6) is -1.02. The van der Waals surface area contributed by atoms with E-state index in [0.717, 1.165) is 5.56 Å². The maximum atomic E-state index is 13.1. The van der Waals surface area contributed by atoms with Crippen molar-refractivity contribution in [3.05, 3.63) is 82.1 Å². The third kappa shape index (κ3) is 4.31. The molecule has 3 rings (SSSR count). The molecule has 5 nitrogen and oxygen atoms in total. The summed E-state index contributed by atoms with van der Waals surface area (Å²) in [5, 5.41) is 7.28. The largest absolute Gasteiger partial charge is 0.347 e. The summed E-state index contributed by atoms with van der Waals surface area (Å²) in [7, 11) is 0. The highest BCUT2D eigenvalue weighted by molar-refractivity contribution is 7.14. The molecule has 0 aliphatic carbocycles. The van der Waals surface area contributed by atoms with Crippen LogP contribution < -0.4 is 10.6 Å². The Bertz CT molecular complexity index is 955. The fraction of sp³-hybridized carbons (Fsp3) is 0.105. The molecule has 0 radical (unpaired) electrons. The number of carbonyl (C=O) groups is 2. The lowest BCUT2D eigenvalue weighted by Crippen LogP contribution is -2.23. The van der Waals surface area contributed by atoms with E-state index in [1.165, 1.54) is 23.5 Å². The Morgan fingerprint density at radius 2 is 1.92 bits per heavy atom. The van der Waals surface area contributed by atoms with E-state index in [9.17, 15) is 14.0 Å². The molecule has 0 bridgehead atoms. The molecule has 0 fully saturated rings. The van der Waals surface area contributed by atoms with Crippen LogP contribution in [0.1, 0.15) is 32.0 Å². The van der Waals surface area contributed by atoms with Gasteiger partial charge in [-0.3, -0.25) is 14.9 Å². The summed E-state index contributed by atoms with van der Waals surface area (Å²) in [4.78, 5) is 28.6. The van der Waals surface area contributed by atoms with Crippen molar-refractivity contribution in [2.45, 2.75) is 13.5 Å². The number of halogens is 1. The van der Waals surface area contributed by atoms with Gasteiger partial charge in [-0.05, 0) is 36.2 Å². The lowest BCUT2D eigenvalue weighted by atomic mass is 10.1. The third-order valence-electron chi connectivity index (χ3n) is 3.69. The highest BCUT2D eigenvalue weighted by Gasteiger charge is 2.14. The number of nitrogens with zero attached hydrogens (tertiary/aromatic N) is 1. The SMILES string of the molecule is Cc1ccccc1C(=O)Nc1nc(C(=O)NCc2cccc(F)c2)cs1. The molecule has 1 aromatic heterocycles. The number of aryl methyl sites for hydroxylation is 1. The predicted molar refractivity (Wildman–Crippen MR) is 98.8 cm³/mol. The van der Waals surface area contributed by atoms with E-state index in [1.54, 1.807) is 29.6 Å². The number of benzene rings is 2. The highest BCUT2D eigenvalue weighted by atomic mass is 32.1. The number of nitrogens with one attached hydrogen (secondary N) is 2. The van der Waals surface area contributed by atoms with Crippen LogP contribution in [0.4, 0.5) is 9.52 Å². The van der Waals surface area contributed by atoms with Crippen LogP contribution in [0.25, 0.3) is 0 Å². The molecule has 2 amide bonds. The molecule has 2 N–H and O–H groups in total. The Balaban J connectivity index is 1.61. The van der Waals surface area contributed by atoms with Gasteiger partial charge in [0, 0.05) is 17.5 Å². The second-order valence-electron chi connectivity index (χ2n) is 5.62. The van der Waals surface area contributed by atoms with Gasteiger partial charge >= 0.3 is 0 Å². The first-order valence-corrected chi connectivity index (χ1v) is 8.76. The van der Waals surface area contributed by atoms with E-state index in [1.807, 2.05) is 19.1 Å². The maximum absolute atomic E-state index is 13.1. The van der Waals surface area contributed by atoms with E-state index in [-0.39, 0.29) is 29.9 Å². The van der Waals surface area contributed by atoms with Crippen molar-refractivity contribution < 1.29 is 14.0 Å². The number of hydrogen-bond acceptors (Lipinski definition) is 4. The minimum Gasteiger partial charge on any atom is -0.347 e. The van der Waals surface area contributed by atoms with E-state index in [2.05, 4.69) is 15.6 Å². The highest BCUT2D eigenvalue weighted by Crippen LogP contribution is 2.17. The van der Waals surface area contributed by atoms with Crippen molar-refractivity contribution in [1.82, 2.24) is 10.3 Å². The second-order valence-corrected chi connectivity index (χ2v) is 6.48. The monoisotopic (exact) mass is 369 g/mol. The second kappa shape index (κ2) is 7.88. The van der Waals surface area contributed by atoms with Gasteiger partial charge in [0.2, 0.25) is 0 Å². The summed E-state index contributed by atoms with van der Waals surface area (Å²) in [6, 6.07) is 13.2. The van der Waals surface area contributed by atoms with Crippen LogP contribution in [0.15, 0.2) is 53.9 Å². The van der Waals surface area contributed by atoms with Crippen molar-refractivity contribution in [2.75, 3.05) is 5.32 Å². The fourth-order valence-corrected chi connectivity index (χ4v) is 3.03. The molecule has 7 heteroatoms. The Kier molecular flexibility index (Phi) is 5.38. The first-order chi connectivity index (χ1) is 12.5. The number of amides is 2. The zero-order valence-corrected chi connectivity index (χ0v) is 14.8. The fourth-order valence-electron chi connectivity index (χ4n) is 2.35. The number of carbonyl (C=O) groups excluding carboxylic acids is 2. The smallest absolute Gasteiger partial charge is 0.271 e. The van der Waals surface area contributed by atoms with E-state index in [0.29, 0.717) is 16.3 Å². The predicted octanol–water partition coefficient (Wildman–Crippen LogP) is 3.77. The average Bonchev–Trinajstić information content (AvgIpc) is 3.08. The van der Waals surface area contributed by atoms with Crippen LogP contribution >= 0.6 is 11.3 Å². The summed E-state index contributed by atoms with van der Waals surface area (Å²) in [6.07, 6.45) is 0. The molecular formula is C19H16FN3O2S. The minimum absolute atomic E-state index is 0.193. The molecule has 2 aromatic carbocycles. The molecular weight excluding hydrogens is 353 g/mol. The molecule has 3 aromatic rings. The normalized spacial score (nSPS) is 10.4. The van der Waals surface area contributed by atoms with Crippen LogP contribution in [0.2, 0.25) is 0 Å². The van der Waals surface area contributed by atoms with Gasteiger partial charge in [0.25, 0.3) is 11.8 Å². The summed E-state index contributed by atoms with van der Waals surface area (Å²) in [5.41, 5.74) is 2.27. The molecule has 132 valence electrons. The molecule has 0 aliphatic rings. The molecule has 1 heterocycles. The first-order valence-electron chi connectivity index (χ1n) is 7.88. The summed E-state index contributed by atoms with van der Waals surface area (Å²) < 4.78 is 13.1. The Labute approximate surface area is 153 Å². The Hall–Kier alpha value is -3.06. The molecule has 0 atom stereocenters. The minimum atomic E-state index is -0.387. The lowest BCUT2D eigenvalue weighted by Gasteiger charge is -2.05. The number of aromatic nitrogens is 1. The summed E-state index contributed by atoms with van der Waals surface area (Å²) >= 11 is 1.17. The Morgan fingerprint density at radius 3 is 2.69 bits per heavy atom. The lowest BCUT2D eigenvalue weighted by molar-refractivity contribution is 0.0945. The van der Waals surface area contributed by atoms with Gasteiger partial charge in [0.05, 0.1) is 0 Å². The van der Waals surface area contributed by atoms with Gasteiger partial charge in [-0.1, -0.05) is 30.3 Å². The van der Waals surface area contributed by atoms with Crippen LogP contribution in [0.5, 0.6) is 0 Å². The first kappa shape index (κ1) is 17.8. The zero-order valence-electron chi connectivity index (χ0n) is 14.0. The number of thiazole rings is 1. The van der Waals surface area contributed by atoms with Crippen molar-refractivity contribution >= 4 is 28.3 Å². The number of rotatable bonds is 5. The van der Waals surface area contributed by atoms with Gasteiger partial charge in [-0.15, -0.1) is 11.3 Å². The molecule has 0 unspecified atom stereocenters. The molecule has 26 heavy (non-hydrogen) atoms. The van der Waals surface area contributed by atoms with E-state index in [4.69, 9.17) is 0 Å². The standard InChI is InChI=1S/C19H16FN3O2S/c1-12-5-2-3-8-15(12)17(24)23-19-22-16(11-26-19)18(25)21-10-13-6-4-7-14(20)9-13/h2-9,11H,10H2,1H3,(H,21,25)(H,22,23,24). The molecule has 0 spiro atoms. The van der Waals surface area contributed by atoms with Crippen molar-refractivity contribution in [1.29, 1.82) is 0 Å². The number of hydrogen-bond donors (Lipinski definition) is 2. The Morgan fingerprint density at radius 1 is 1.12 bits per heavy atom. The van der Waals surface area contributed by atoms with Crippen molar-refractivity contribution in [3.8, 4) is 0 Å². The van der Waals surface area contributed by atoms with E-state index < -0.39 is 0 Å². The van der Waals surface area contributed by atoms with Gasteiger partial charge in [-0.2, -0.15) is 0 Å². The quantitative estimate of drug-likeness (QED) is 0.719. The van der Waals surface area contributed by atoms with Gasteiger partial charge < -0.3 is 5.32 Å². The van der Waals surface area contributed by atoms with Gasteiger partial charge in [0.1, 0.15) is 11.5 Å². The summed E-state index contributed by atoms with van der Waals surface area (Å²) in [6.45, 7) is 2.04. The maximum Gasteiger partial charge on any atom is 0.271 e. The zero-order chi connectivity index (χ0) is 18.5. The third-order valence-corrected chi connectivity index (χ3v) is 4.45. The molecule has 0 saturated carbocycles. The van der Waals surface area contributed by atoms with E-state index >= 15 is 0 Å². The van der Waals surface area contributed by atoms with Crippen LogP contribution in [0, 0.1) is 12.7 Å². The topological polar surface area (TPSA) is 71.1 Å². The van der Waals surface area contributed by atoms with Gasteiger partial charge in [-0.25, -0.2) is 9.37 Å². The van der Waals surface area contributed by atoms with Crippen molar-refractivity contribution in [2.24, 2.45) is 0 Å². The molecule has 0 saturated heterocycles. The molecule has 0 aliphatic heterocycles.